The molecule has 4 rings (SSSR count). The molecular weight excluding hydrogens is 504 g/mol. The molecule has 166 valence electrons. The fourth-order valence-corrected chi connectivity index (χ4v) is 4.19. The molecule has 0 unspecified atom stereocenters. The summed E-state index contributed by atoms with van der Waals surface area (Å²) in [6.45, 7) is 1.79. The van der Waals surface area contributed by atoms with E-state index in [2.05, 4.69) is 26.0 Å². The predicted molar refractivity (Wildman–Crippen MR) is 124 cm³/mol. The Bertz CT molecular complexity index is 1310. The number of nitrogens with one attached hydrogen (secondary N) is 1. The number of hydrogen-bond acceptors (Lipinski definition) is 6. The summed E-state index contributed by atoms with van der Waals surface area (Å²) in [5, 5.41) is 4.75. The molecule has 1 saturated heterocycles. The van der Waals surface area contributed by atoms with Gasteiger partial charge >= 0.3 is 5.69 Å². The largest absolute Gasteiger partial charge is 0.482 e. The van der Waals surface area contributed by atoms with Crippen LogP contribution >= 0.6 is 27.5 Å². The second-order valence-corrected chi connectivity index (χ2v) is 8.22. The van der Waals surface area contributed by atoms with Crippen LogP contribution in [0.15, 0.2) is 55.6 Å². The van der Waals surface area contributed by atoms with Crippen molar-refractivity contribution in [2.24, 2.45) is 5.10 Å². The number of H-pyrrole nitrogens is 1. The summed E-state index contributed by atoms with van der Waals surface area (Å²) in [5.41, 5.74) is -0.439. The van der Waals surface area contributed by atoms with Gasteiger partial charge in [-0.1, -0.05) is 23.7 Å². The summed E-state index contributed by atoms with van der Waals surface area (Å²) in [5.74, 6) is 0.130. The van der Waals surface area contributed by atoms with Crippen molar-refractivity contribution < 1.29 is 14.3 Å². The molecule has 0 aliphatic carbocycles. The van der Waals surface area contributed by atoms with Crippen molar-refractivity contribution in [3.8, 4) is 5.75 Å². The Morgan fingerprint density at radius 1 is 1.25 bits per heavy atom. The van der Waals surface area contributed by atoms with Gasteiger partial charge in [0.25, 0.3) is 11.5 Å². The minimum Gasteiger partial charge on any atom is -0.482 e. The van der Waals surface area contributed by atoms with Gasteiger partial charge in [-0.25, -0.2) is 4.79 Å². The van der Waals surface area contributed by atoms with Gasteiger partial charge in [0.05, 0.1) is 34.8 Å². The van der Waals surface area contributed by atoms with E-state index in [1.807, 2.05) is 0 Å². The highest BCUT2D eigenvalue weighted by Gasteiger charge is 2.19. The van der Waals surface area contributed by atoms with Gasteiger partial charge in [0.1, 0.15) is 5.75 Å². The first-order valence-electron chi connectivity index (χ1n) is 9.70. The number of nitrogens with zero attached hydrogens (tertiary/aromatic N) is 3. The van der Waals surface area contributed by atoms with Crippen LogP contribution in [0, 0.1) is 0 Å². The Labute approximate surface area is 195 Å². The first-order valence-corrected chi connectivity index (χ1v) is 10.9. The van der Waals surface area contributed by atoms with E-state index in [4.69, 9.17) is 21.1 Å². The normalized spacial score (nSPS) is 14.2. The summed E-state index contributed by atoms with van der Waals surface area (Å²) in [4.78, 5) is 41.7. The van der Waals surface area contributed by atoms with Crippen LogP contribution in [0.5, 0.6) is 5.75 Å². The molecule has 1 aromatic heterocycles. The van der Waals surface area contributed by atoms with Gasteiger partial charge in [-0.15, -0.1) is 4.68 Å². The minimum atomic E-state index is -0.684. The van der Waals surface area contributed by atoms with Crippen molar-refractivity contribution in [2.75, 3.05) is 32.9 Å². The maximum absolute atomic E-state index is 12.7. The van der Waals surface area contributed by atoms with Crippen molar-refractivity contribution in [2.45, 2.75) is 0 Å². The van der Waals surface area contributed by atoms with Crippen LogP contribution in [0.4, 0.5) is 0 Å². The highest BCUT2D eigenvalue weighted by Crippen LogP contribution is 2.32. The monoisotopic (exact) mass is 520 g/mol. The third-order valence-corrected chi connectivity index (χ3v) is 5.64. The molecule has 3 aromatic rings. The Kier molecular flexibility index (Phi) is 6.73. The molecule has 2 heterocycles. The molecule has 0 radical (unpaired) electrons. The lowest BCUT2D eigenvalue weighted by molar-refractivity contribution is -0.137. The zero-order chi connectivity index (χ0) is 22.7. The lowest BCUT2D eigenvalue weighted by Gasteiger charge is -2.26. The van der Waals surface area contributed by atoms with Gasteiger partial charge in [0.2, 0.25) is 0 Å². The molecule has 0 saturated carbocycles. The number of rotatable bonds is 5. The molecule has 1 aliphatic rings. The maximum Gasteiger partial charge on any atom is 0.349 e. The van der Waals surface area contributed by atoms with E-state index in [0.29, 0.717) is 58.0 Å². The van der Waals surface area contributed by atoms with E-state index in [1.54, 1.807) is 41.3 Å². The van der Waals surface area contributed by atoms with Gasteiger partial charge in [-0.05, 0) is 40.2 Å². The number of amides is 1. The van der Waals surface area contributed by atoms with Gasteiger partial charge in [0.15, 0.2) is 6.61 Å². The number of morpholine rings is 1. The number of aromatic amines is 1. The molecule has 0 atom stereocenters. The highest BCUT2D eigenvalue weighted by atomic mass is 79.9. The van der Waals surface area contributed by atoms with Crippen molar-refractivity contribution in [1.29, 1.82) is 0 Å². The topological polar surface area (TPSA) is 106 Å². The number of carbonyl (C=O) groups is 1. The summed E-state index contributed by atoms with van der Waals surface area (Å²) < 4.78 is 12.2. The number of benzene rings is 2. The number of carbonyl (C=O) groups excluding carboxylic acids is 1. The van der Waals surface area contributed by atoms with Crippen LogP contribution in [0.25, 0.3) is 10.9 Å². The molecular formula is C21H18BrClN4O5. The maximum atomic E-state index is 12.7. The summed E-state index contributed by atoms with van der Waals surface area (Å²) >= 11 is 9.54. The van der Waals surface area contributed by atoms with Gasteiger partial charge < -0.3 is 19.4 Å². The molecule has 11 heteroatoms. The fourth-order valence-electron chi connectivity index (χ4n) is 3.24. The molecule has 0 spiro atoms. The smallest absolute Gasteiger partial charge is 0.349 e. The van der Waals surface area contributed by atoms with Crippen LogP contribution in [0.2, 0.25) is 5.02 Å². The molecule has 1 N–H and O–H groups in total. The molecule has 1 amide bonds. The van der Waals surface area contributed by atoms with E-state index in [0.717, 1.165) is 4.68 Å². The molecule has 2 aromatic carbocycles. The average Bonchev–Trinajstić information content (AvgIpc) is 2.78. The standard InChI is InChI=1S/C21H18BrClN4O5/c22-16-10-14(23)9-13(19(16)32-12-18(28)26-5-7-31-8-6-26)11-24-27-20(29)15-3-1-2-4-17(15)25-21(27)30/h1-4,9-11H,5-8,12H2,(H,25,30). The van der Waals surface area contributed by atoms with Crippen molar-refractivity contribution >= 4 is 50.6 Å². The second kappa shape index (κ2) is 9.68. The number of hydrogen-bond donors (Lipinski definition) is 1. The lowest BCUT2D eigenvalue weighted by Crippen LogP contribution is -2.43. The van der Waals surface area contributed by atoms with Crippen LogP contribution in [0.3, 0.4) is 0 Å². The third-order valence-electron chi connectivity index (χ3n) is 4.84. The first kappa shape index (κ1) is 22.3. The Balaban J connectivity index is 1.63. The van der Waals surface area contributed by atoms with Crippen LogP contribution in [0.1, 0.15) is 5.56 Å². The highest BCUT2D eigenvalue weighted by molar-refractivity contribution is 9.10. The van der Waals surface area contributed by atoms with Gasteiger partial charge in [-0.2, -0.15) is 5.10 Å². The first-order chi connectivity index (χ1) is 15.4. The van der Waals surface area contributed by atoms with E-state index < -0.39 is 11.2 Å². The Morgan fingerprint density at radius 2 is 2.00 bits per heavy atom. The minimum absolute atomic E-state index is 0.180. The van der Waals surface area contributed by atoms with Crippen LogP contribution in [-0.2, 0) is 9.53 Å². The van der Waals surface area contributed by atoms with Crippen molar-refractivity contribution in [3.05, 3.63) is 72.3 Å². The lowest BCUT2D eigenvalue weighted by atomic mass is 10.2. The van der Waals surface area contributed by atoms with Gasteiger partial charge in [0, 0.05) is 23.7 Å². The Hall–Kier alpha value is -2.95. The van der Waals surface area contributed by atoms with E-state index in [9.17, 15) is 14.4 Å². The van der Waals surface area contributed by atoms with E-state index in [-0.39, 0.29) is 12.5 Å². The molecule has 1 aliphatic heterocycles. The van der Waals surface area contributed by atoms with Crippen LogP contribution < -0.4 is 16.0 Å². The van der Waals surface area contributed by atoms with Crippen LogP contribution in [-0.4, -0.2) is 59.6 Å². The van der Waals surface area contributed by atoms with E-state index in [1.165, 1.54) is 6.21 Å². The quantitative estimate of drug-likeness (QED) is 0.518. The average molecular weight is 522 g/mol. The van der Waals surface area contributed by atoms with Gasteiger partial charge in [-0.3, -0.25) is 9.59 Å². The summed E-state index contributed by atoms with van der Waals surface area (Å²) in [6.07, 6.45) is 1.29. The molecule has 0 bridgehead atoms. The SMILES string of the molecule is O=C(COc1c(Br)cc(Cl)cc1C=Nn1c(=O)[nH]c2ccccc2c1=O)N1CCOCC1. The number of fused-ring (bicyclic) bond motifs is 1. The zero-order valence-corrected chi connectivity index (χ0v) is 19.1. The third kappa shape index (κ3) is 4.77. The summed E-state index contributed by atoms with van der Waals surface area (Å²) in [6, 6.07) is 9.82. The number of para-hydroxylation sites is 1. The Morgan fingerprint density at radius 3 is 2.78 bits per heavy atom. The zero-order valence-electron chi connectivity index (χ0n) is 16.7. The predicted octanol–water partition coefficient (Wildman–Crippen LogP) is 2.23. The second-order valence-electron chi connectivity index (χ2n) is 6.93. The molecule has 9 nitrogen and oxygen atoms in total. The molecule has 32 heavy (non-hydrogen) atoms. The number of halogens is 2. The van der Waals surface area contributed by atoms with Crippen molar-refractivity contribution in [1.82, 2.24) is 14.6 Å². The fraction of sp³-hybridized carbons (Fsp3) is 0.238. The molecule has 1 fully saturated rings. The van der Waals surface area contributed by atoms with E-state index >= 15 is 0 Å². The number of ether oxygens (including phenoxy) is 2. The summed E-state index contributed by atoms with van der Waals surface area (Å²) in [7, 11) is 0. The number of aromatic nitrogens is 2. The van der Waals surface area contributed by atoms with Crippen molar-refractivity contribution in [3.63, 3.8) is 0 Å².